The van der Waals surface area contributed by atoms with Crippen molar-refractivity contribution < 1.29 is 4.55 Å². The standard InChI is InChI=1S/C13H19ClN2OS/c1-13(2,3)18(17)16-11-6-4-5-9-8-15-12(14)7-10(9)11/h7-8,11,16H,4-6H2,1-3H3/t11-,18?/m0/s1. The first kappa shape index (κ1) is 14.1. The van der Waals surface area contributed by atoms with Crippen molar-refractivity contribution in [3.05, 3.63) is 28.5 Å². The first-order valence-corrected chi connectivity index (χ1v) is 7.73. The molecule has 18 heavy (non-hydrogen) atoms. The van der Waals surface area contributed by atoms with Crippen LogP contribution in [0.2, 0.25) is 5.15 Å². The number of hydrogen-bond donors (Lipinski definition) is 1. The smallest absolute Gasteiger partial charge is 0.136 e. The lowest BCUT2D eigenvalue weighted by Crippen LogP contribution is -2.42. The fourth-order valence-electron chi connectivity index (χ4n) is 2.09. The molecule has 0 radical (unpaired) electrons. The van der Waals surface area contributed by atoms with Crippen molar-refractivity contribution in [1.82, 2.24) is 9.71 Å². The Labute approximate surface area is 117 Å². The van der Waals surface area contributed by atoms with Gasteiger partial charge in [-0.3, -0.25) is 0 Å². The van der Waals surface area contributed by atoms with Crippen LogP contribution in [0.3, 0.4) is 0 Å². The summed E-state index contributed by atoms with van der Waals surface area (Å²) in [5.74, 6) is 0. The molecule has 0 saturated heterocycles. The number of aryl methyl sites for hydroxylation is 1. The zero-order valence-electron chi connectivity index (χ0n) is 11.0. The molecule has 0 saturated carbocycles. The molecule has 3 nitrogen and oxygen atoms in total. The molecular formula is C13H19ClN2OS. The molecule has 1 aromatic rings. The topological polar surface area (TPSA) is 48.0 Å². The lowest BCUT2D eigenvalue weighted by molar-refractivity contribution is 0.488. The minimum Gasteiger partial charge on any atom is -0.598 e. The molecule has 1 aliphatic carbocycles. The number of pyridine rings is 1. The van der Waals surface area contributed by atoms with Gasteiger partial charge in [0, 0.05) is 17.6 Å². The van der Waals surface area contributed by atoms with E-state index in [9.17, 15) is 4.55 Å². The third-order valence-electron chi connectivity index (χ3n) is 3.11. The van der Waals surface area contributed by atoms with Crippen LogP contribution in [0.25, 0.3) is 0 Å². The average molecular weight is 287 g/mol. The van der Waals surface area contributed by atoms with E-state index in [-0.39, 0.29) is 10.8 Å². The molecule has 1 heterocycles. The predicted octanol–water partition coefficient (Wildman–Crippen LogP) is 3.16. The molecule has 0 aliphatic heterocycles. The van der Waals surface area contributed by atoms with E-state index in [2.05, 4.69) is 9.71 Å². The molecule has 1 N–H and O–H groups in total. The van der Waals surface area contributed by atoms with E-state index in [0.29, 0.717) is 5.15 Å². The van der Waals surface area contributed by atoms with E-state index in [1.165, 1.54) is 5.56 Å². The summed E-state index contributed by atoms with van der Waals surface area (Å²) in [6.45, 7) is 5.91. The number of nitrogens with one attached hydrogen (secondary N) is 1. The number of hydrogen-bond acceptors (Lipinski definition) is 3. The van der Waals surface area contributed by atoms with Gasteiger partial charge in [0.25, 0.3) is 0 Å². The summed E-state index contributed by atoms with van der Waals surface area (Å²) in [6, 6.07) is 2.02. The molecule has 5 heteroatoms. The summed E-state index contributed by atoms with van der Waals surface area (Å²) < 4.78 is 15.2. The highest BCUT2D eigenvalue weighted by Gasteiger charge is 2.31. The minimum atomic E-state index is -1.06. The fourth-order valence-corrected chi connectivity index (χ4v) is 3.11. The second kappa shape index (κ2) is 5.37. The number of halogens is 1. The summed E-state index contributed by atoms with van der Waals surface area (Å²) in [4.78, 5) is 4.12. The van der Waals surface area contributed by atoms with Gasteiger partial charge in [0.2, 0.25) is 0 Å². The molecule has 0 aromatic carbocycles. The Bertz CT molecular complexity index is 433. The average Bonchev–Trinajstić information content (AvgIpc) is 2.28. The zero-order chi connectivity index (χ0) is 13.3. The van der Waals surface area contributed by atoms with Gasteiger partial charge in [0.1, 0.15) is 9.90 Å². The van der Waals surface area contributed by atoms with E-state index in [4.69, 9.17) is 11.6 Å². The second-order valence-electron chi connectivity index (χ2n) is 5.65. The first-order valence-electron chi connectivity index (χ1n) is 6.20. The Balaban J connectivity index is 2.20. The van der Waals surface area contributed by atoms with Crippen LogP contribution in [-0.4, -0.2) is 14.3 Å². The first-order chi connectivity index (χ1) is 8.38. The highest BCUT2D eigenvalue weighted by atomic mass is 35.5. The van der Waals surface area contributed by atoms with Gasteiger partial charge >= 0.3 is 0 Å². The third-order valence-corrected chi connectivity index (χ3v) is 4.93. The SMILES string of the molecule is CC(C)(C)[S+]([O-])N[C@H]1CCCc2cnc(Cl)cc21. The molecule has 0 spiro atoms. The monoisotopic (exact) mass is 286 g/mol. The number of aromatic nitrogens is 1. The van der Waals surface area contributed by atoms with Gasteiger partial charge in [-0.25, -0.2) is 4.98 Å². The summed E-state index contributed by atoms with van der Waals surface area (Å²) in [5.41, 5.74) is 2.37. The largest absolute Gasteiger partial charge is 0.598 e. The fraction of sp³-hybridized carbons (Fsp3) is 0.615. The van der Waals surface area contributed by atoms with Crippen LogP contribution >= 0.6 is 11.6 Å². The van der Waals surface area contributed by atoms with E-state index < -0.39 is 11.4 Å². The maximum Gasteiger partial charge on any atom is 0.136 e. The maximum atomic E-state index is 12.2. The van der Waals surface area contributed by atoms with Crippen molar-refractivity contribution in [2.24, 2.45) is 0 Å². The molecule has 100 valence electrons. The van der Waals surface area contributed by atoms with Crippen molar-refractivity contribution in [3.63, 3.8) is 0 Å². The van der Waals surface area contributed by atoms with Crippen molar-refractivity contribution in [3.8, 4) is 0 Å². The number of nitrogens with zero attached hydrogens (tertiary/aromatic N) is 1. The van der Waals surface area contributed by atoms with Gasteiger partial charge in [0.05, 0.1) is 6.04 Å². The number of fused-ring (bicyclic) bond motifs is 1. The molecule has 1 unspecified atom stereocenters. The van der Waals surface area contributed by atoms with Crippen LogP contribution in [0.15, 0.2) is 12.3 Å². The number of rotatable bonds is 2. The predicted molar refractivity (Wildman–Crippen MR) is 76.0 cm³/mol. The normalized spacial score (nSPS) is 21.5. The van der Waals surface area contributed by atoms with Crippen LogP contribution in [0.5, 0.6) is 0 Å². The maximum absolute atomic E-state index is 12.2. The van der Waals surface area contributed by atoms with E-state index in [1.807, 2.05) is 33.0 Å². The third kappa shape index (κ3) is 3.18. The summed E-state index contributed by atoms with van der Waals surface area (Å²) in [6.07, 6.45) is 4.95. The van der Waals surface area contributed by atoms with E-state index in [1.54, 1.807) is 0 Å². The minimum absolute atomic E-state index is 0.120. The zero-order valence-corrected chi connectivity index (χ0v) is 12.6. The van der Waals surface area contributed by atoms with Gasteiger partial charge in [-0.15, -0.1) is 4.72 Å². The van der Waals surface area contributed by atoms with Gasteiger partial charge in [-0.1, -0.05) is 11.6 Å². The Morgan fingerprint density at radius 1 is 1.50 bits per heavy atom. The highest BCUT2D eigenvalue weighted by Crippen LogP contribution is 2.32. The Kier molecular flexibility index (Phi) is 4.22. The van der Waals surface area contributed by atoms with Crippen molar-refractivity contribution in [1.29, 1.82) is 0 Å². The Morgan fingerprint density at radius 2 is 2.22 bits per heavy atom. The molecule has 1 aliphatic rings. The summed E-state index contributed by atoms with van der Waals surface area (Å²) in [7, 11) is 0. The van der Waals surface area contributed by atoms with Crippen LogP contribution in [0.1, 0.15) is 50.8 Å². The van der Waals surface area contributed by atoms with Crippen molar-refractivity contribution in [2.75, 3.05) is 0 Å². The van der Waals surface area contributed by atoms with Crippen LogP contribution < -0.4 is 4.72 Å². The molecular weight excluding hydrogens is 268 g/mol. The van der Waals surface area contributed by atoms with Gasteiger partial charge in [0.15, 0.2) is 0 Å². The van der Waals surface area contributed by atoms with Crippen LogP contribution in [0.4, 0.5) is 0 Å². The molecule has 1 aromatic heterocycles. The Morgan fingerprint density at radius 3 is 2.89 bits per heavy atom. The van der Waals surface area contributed by atoms with Crippen molar-refractivity contribution >= 4 is 23.0 Å². The summed E-state index contributed by atoms with van der Waals surface area (Å²) in [5, 5.41) is 0.504. The van der Waals surface area contributed by atoms with Gasteiger partial charge in [-0.05, 0) is 57.2 Å². The van der Waals surface area contributed by atoms with Crippen molar-refractivity contribution in [2.45, 2.75) is 50.8 Å². The quantitative estimate of drug-likeness (QED) is 0.671. The van der Waals surface area contributed by atoms with Crippen LogP contribution in [0, 0.1) is 0 Å². The van der Waals surface area contributed by atoms with Crippen LogP contribution in [-0.2, 0) is 17.8 Å². The second-order valence-corrected chi connectivity index (χ2v) is 8.03. The molecule has 0 fully saturated rings. The Hall–Kier alpha value is -0.290. The summed E-state index contributed by atoms with van der Waals surface area (Å²) >= 11 is 4.89. The molecule has 2 rings (SSSR count). The highest BCUT2D eigenvalue weighted by molar-refractivity contribution is 7.90. The van der Waals surface area contributed by atoms with E-state index in [0.717, 1.165) is 24.8 Å². The van der Waals surface area contributed by atoms with E-state index >= 15 is 0 Å². The lowest BCUT2D eigenvalue weighted by Gasteiger charge is -2.31. The van der Waals surface area contributed by atoms with Gasteiger partial charge < -0.3 is 4.55 Å². The molecule has 0 bridgehead atoms. The lowest BCUT2D eigenvalue weighted by atomic mass is 9.90. The van der Waals surface area contributed by atoms with Gasteiger partial charge in [-0.2, -0.15) is 0 Å². The molecule has 0 amide bonds. The molecule has 2 atom stereocenters.